The fourth-order valence-electron chi connectivity index (χ4n) is 4.32. The smallest absolute Gasteiger partial charge is 0.153 e. The van der Waals surface area contributed by atoms with Crippen molar-refractivity contribution in [2.75, 3.05) is 0 Å². The zero-order chi connectivity index (χ0) is 20.2. The van der Waals surface area contributed by atoms with Crippen LogP contribution in [0.15, 0.2) is 83.5 Å². The largest absolute Gasteiger partial charge is 0.454 e. The van der Waals surface area contributed by atoms with Crippen LogP contribution < -0.4 is 0 Å². The van der Waals surface area contributed by atoms with Crippen LogP contribution in [0.3, 0.4) is 0 Å². The second-order valence-corrected chi connectivity index (χ2v) is 7.65. The zero-order valence-corrected chi connectivity index (χ0v) is 16.8. The molecule has 0 fully saturated rings. The van der Waals surface area contributed by atoms with Crippen LogP contribution in [0, 0.1) is 13.8 Å². The minimum absolute atomic E-state index is 0.790. The van der Waals surface area contributed by atoms with Crippen molar-refractivity contribution in [3.05, 3.63) is 90.3 Å². The molecule has 0 bridgehead atoms. The van der Waals surface area contributed by atoms with E-state index in [1.165, 1.54) is 5.56 Å². The molecule has 6 aromatic rings. The molecule has 30 heavy (non-hydrogen) atoms. The van der Waals surface area contributed by atoms with Crippen molar-refractivity contribution in [3.63, 3.8) is 0 Å². The lowest BCUT2D eigenvalue weighted by Crippen LogP contribution is -2.01. The van der Waals surface area contributed by atoms with Crippen molar-refractivity contribution in [2.24, 2.45) is 0 Å². The number of aromatic nitrogens is 3. The number of rotatable bonds is 2. The Morgan fingerprint density at radius 2 is 1.63 bits per heavy atom. The molecule has 4 nitrogen and oxygen atoms in total. The zero-order valence-electron chi connectivity index (χ0n) is 16.8. The topological polar surface area (TPSA) is 43.9 Å². The number of fused-ring (bicyclic) bond motifs is 4. The highest BCUT2D eigenvalue weighted by atomic mass is 16.3. The number of nitrogens with zero attached hydrogens (tertiary/aromatic N) is 3. The van der Waals surface area contributed by atoms with E-state index in [4.69, 9.17) is 9.40 Å². The maximum atomic E-state index is 6.32. The fourth-order valence-corrected chi connectivity index (χ4v) is 4.32. The number of aryl methyl sites for hydroxylation is 2. The number of benzene rings is 3. The molecule has 0 aliphatic heterocycles. The van der Waals surface area contributed by atoms with Gasteiger partial charge in [-0.15, -0.1) is 0 Å². The monoisotopic (exact) mass is 389 g/mol. The highest BCUT2D eigenvalue weighted by molar-refractivity contribution is 6.10. The van der Waals surface area contributed by atoms with E-state index < -0.39 is 0 Å². The summed E-state index contributed by atoms with van der Waals surface area (Å²) >= 11 is 0. The van der Waals surface area contributed by atoms with Crippen LogP contribution in [0.2, 0.25) is 0 Å². The predicted molar refractivity (Wildman–Crippen MR) is 121 cm³/mol. The molecule has 0 aliphatic carbocycles. The quantitative estimate of drug-likeness (QED) is 0.335. The van der Waals surface area contributed by atoms with Crippen LogP contribution in [0.25, 0.3) is 50.0 Å². The average molecular weight is 389 g/mol. The first-order valence-corrected chi connectivity index (χ1v) is 10.0. The van der Waals surface area contributed by atoms with Gasteiger partial charge in [0.15, 0.2) is 5.58 Å². The van der Waals surface area contributed by atoms with E-state index in [9.17, 15) is 0 Å². The highest BCUT2D eigenvalue weighted by Gasteiger charge is 2.22. The molecule has 0 saturated carbocycles. The third kappa shape index (κ3) is 2.34. The first kappa shape index (κ1) is 17.0. The number of hydrogen-bond donors (Lipinski definition) is 0. The summed E-state index contributed by atoms with van der Waals surface area (Å²) in [6.07, 6.45) is 3.58. The summed E-state index contributed by atoms with van der Waals surface area (Å²) in [5, 5.41) is 2.15. The van der Waals surface area contributed by atoms with E-state index in [2.05, 4.69) is 78.0 Å². The fraction of sp³-hybridized carbons (Fsp3) is 0.0769. The maximum absolute atomic E-state index is 6.32. The van der Waals surface area contributed by atoms with Crippen molar-refractivity contribution in [2.45, 2.75) is 13.8 Å². The van der Waals surface area contributed by atoms with E-state index in [1.807, 2.05) is 12.1 Å². The van der Waals surface area contributed by atoms with E-state index >= 15 is 0 Å². The van der Waals surface area contributed by atoms with Crippen molar-refractivity contribution < 1.29 is 4.42 Å². The molecule has 3 aromatic heterocycles. The average Bonchev–Trinajstić information content (AvgIpc) is 3.32. The summed E-state index contributed by atoms with van der Waals surface area (Å²) in [5.74, 6) is 0.889. The van der Waals surface area contributed by atoms with Gasteiger partial charge >= 0.3 is 0 Å². The Hall–Kier alpha value is -3.92. The molecule has 0 saturated heterocycles. The lowest BCUT2D eigenvalue weighted by molar-refractivity contribution is 0.667. The van der Waals surface area contributed by atoms with E-state index in [-0.39, 0.29) is 0 Å². The molecular weight excluding hydrogens is 370 g/mol. The third-order valence-electron chi connectivity index (χ3n) is 5.79. The Bertz CT molecular complexity index is 1570. The van der Waals surface area contributed by atoms with Gasteiger partial charge in [0.25, 0.3) is 0 Å². The molecule has 144 valence electrons. The highest BCUT2D eigenvalue weighted by Crippen LogP contribution is 2.39. The van der Waals surface area contributed by atoms with Gasteiger partial charge in [0.2, 0.25) is 0 Å². The van der Waals surface area contributed by atoms with Crippen LogP contribution in [-0.4, -0.2) is 14.5 Å². The Labute approximate surface area is 173 Å². The van der Waals surface area contributed by atoms with Crippen LogP contribution in [0.5, 0.6) is 0 Å². The predicted octanol–water partition coefficient (Wildman–Crippen LogP) is 6.60. The molecule has 0 N–H and O–H groups in total. The number of hydrogen-bond acceptors (Lipinski definition) is 3. The minimum Gasteiger partial charge on any atom is -0.454 e. The lowest BCUT2D eigenvalue weighted by Gasteiger charge is -2.14. The number of pyridine rings is 1. The Morgan fingerprint density at radius 3 is 2.53 bits per heavy atom. The standard InChI is InChI=1S/C26H19N3O/c1-16-7-3-5-9-21(16)29-22-10-6-4-8-20(22)28-26(29)24-17(2)11-12-19-18-13-14-27-15-23(18)30-25(19)24/h3-15H,1-2H3. The van der Waals surface area contributed by atoms with Gasteiger partial charge < -0.3 is 4.42 Å². The van der Waals surface area contributed by atoms with Crippen LogP contribution in [-0.2, 0) is 0 Å². The second kappa shape index (κ2) is 6.29. The summed E-state index contributed by atoms with van der Waals surface area (Å²) < 4.78 is 8.57. The SMILES string of the molecule is Cc1ccccc1-n1c(-c2c(C)ccc3c2oc2cnccc23)nc2ccccc21. The van der Waals surface area contributed by atoms with Gasteiger partial charge in [0.1, 0.15) is 11.4 Å². The van der Waals surface area contributed by atoms with E-state index in [1.54, 1.807) is 12.4 Å². The third-order valence-corrected chi connectivity index (χ3v) is 5.79. The Morgan fingerprint density at radius 1 is 0.800 bits per heavy atom. The summed E-state index contributed by atoms with van der Waals surface area (Å²) in [4.78, 5) is 9.30. The molecule has 3 aromatic carbocycles. The lowest BCUT2D eigenvalue weighted by atomic mass is 10.0. The van der Waals surface area contributed by atoms with Crippen molar-refractivity contribution >= 4 is 33.0 Å². The number of para-hydroxylation sites is 3. The van der Waals surface area contributed by atoms with Crippen molar-refractivity contribution in [3.8, 4) is 17.1 Å². The van der Waals surface area contributed by atoms with Crippen LogP contribution >= 0.6 is 0 Å². The molecule has 0 spiro atoms. The number of furan rings is 1. The number of imidazole rings is 1. The molecule has 0 radical (unpaired) electrons. The van der Waals surface area contributed by atoms with Crippen LogP contribution in [0.4, 0.5) is 0 Å². The molecule has 4 heteroatoms. The van der Waals surface area contributed by atoms with Gasteiger partial charge in [-0.25, -0.2) is 4.98 Å². The van der Waals surface area contributed by atoms with Gasteiger partial charge in [-0.1, -0.05) is 42.5 Å². The molecule has 0 atom stereocenters. The van der Waals surface area contributed by atoms with E-state index in [0.29, 0.717) is 0 Å². The Kier molecular flexibility index (Phi) is 3.56. The molecule has 0 unspecified atom stereocenters. The maximum Gasteiger partial charge on any atom is 0.153 e. The molecule has 3 heterocycles. The normalized spacial score (nSPS) is 11.7. The molecular formula is C26H19N3O. The van der Waals surface area contributed by atoms with Gasteiger partial charge in [-0.2, -0.15) is 0 Å². The van der Waals surface area contributed by atoms with Gasteiger partial charge in [-0.05, 0) is 49.2 Å². The summed E-state index contributed by atoms with van der Waals surface area (Å²) in [6.45, 7) is 4.25. The summed E-state index contributed by atoms with van der Waals surface area (Å²) in [7, 11) is 0. The van der Waals surface area contributed by atoms with Gasteiger partial charge in [-0.3, -0.25) is 9.55 Å². The second-order valence-electron chi connectivity index (χ2n) is 7.65. The van der Waals surface area contributed by atoms with E-state index in [0.717, 1.165) is 55.6 Å². The van der Waals surface area contributed by atoms with Crippen molar-refractivity contribution in [1.82, 2.24) is 14.5 Å². The van der Waals surface area contributed by atoms with Gasteiger partial charge in [0, 0.05) is 17.0 Å². The van der Waals surface area contributed by atoms with Crippen molar-refractivity contribution in [1.29, 1.82) is 0 Å². The summed E-state index contributed by atoms with van der Waals surface area (Å²) in [5.41, 5.74) is 8.14. The first-order chi connectivity index (χ1) is 14.7. The molecule has 0 aliphatic rings. The van der Waals surface area contributed by atoms with Crippen LogP contribution in [0.1, 0.15) is 11.1 Å². The minimum atomic E-state index is 0.790. The molecule has 0 amide bonds. The van der Waals surface area contributed by atoms with Gasteiger partial charge in [0.05, 0.1) is 28.5 Å². The first-order valence-electron chi connectivity index (χ1n) is 10.0. The summed E-state index contributed by atoms with van der Waals surface area (Å²) in [6, 6.07) is 23.0. The Balaban J connectivity index is 1.79. The molecule has 6 rings (SSSR count).